The van der Waals surface area contributed by atoms with Crippen molar-refractivity contribution in [2.75, 3.05) is 18.2 Å². The molecule has 0 spiro atoms. The Balaban J connectivity index is 2.22. The Morgan fingerprint density at radius 3 is 2.68 bits per heavy atom. The van der Waals surface area contributed by atoms with Crippen molar-refractivity contribution in [2.24, 2.45) is 0 Å². The number of benzene rings is 1. The Bertz CT molecular complexity index is 594. The Morgan fingerprint density at radius 2 is 2.11 bits per heavy atom. The van der Waals surface area contributed by atoms with Crippen LogP contribution in [0.1, 0.15) is 15.9 Å². The van der Waals surface area contributed by atoms with Crippen LogP contribution >= 0.6 is 0 Å². The number of carbonyl (C=O) groups excluding carboxylic acids is 1. The van der Waals surface area contributed by atoms with Crippen LogP contribution in [0.15, 0.2) is 36.5 Å². The average Bonchev–Trinajstić information content (AvgIpc) is 2.42. The van der Waals surface area contributed by atoms with Crippen LogP contribution in [0.2, 0.25) is 0 Å². The number of pyridine rings is 1. The van der Waals surface area contributed by atoms with Crippen LogP contribution in [0.5, 0.6) is 0 Å². The van der Waals surface area contributed by atoms with E-state index in [1.807, 2.05) is 13.0 Å². The summed E-state index contributed by atoms with van der Waals surface area (Å²) in [5, 5.41) is 3.16. The van der Waals surface area contributed by atoms with Crippen molar-refractivity contribution in [2.45, 2.75) is 6.92 Å². The topological polar surface area (TPSA) is 77.2 Å². The largest absolute Gasteiger partial charge is 0.465 e. The number of aryl methyl sites for hydroxylation is 1. The molecule has 0 unspecified atom stereocenters. The van der Waals surface area contributed by atoms with Gasteiger partial charge in [-0.1, -0.05) is 0 Å². The van der Waals surface area contributed by atoms with Gasteiger partial charge in [-0.05, 0) is 42.8 Å². The molecule has 0 saturated heterocycles. The number of aromatic nitrogens is 1. The summed E-state index contributed by atoms with van der Waals surface area (Å²) in [5.74, 6) is 0.350. The first-order valence-corrected chi connectivity index (χ1v) is 5.77. The Morgan fingerprint density at radius 1 is 1.32 bits per heavy atom. The van der Waals surface area contributed by atoms with Gasteiger partial charge in [-0.15, -0.1) is 0 Å². The highest BCUT2D eigenvalue weighted by Crippen LogP contribution is 2.21. The number of nitrogens with two attached hydrogens (primary N) is 1. The number of ether oxygens (including phenoxy) is 1. The molecule has 2 rings (SSSR count). The maximum absolute atomic E-state index is 11.4. The number of hydrogen-bond acceptors (Lipinski definition) is 5. The van der Waals surface area contributed by atoms with Gasteiger partial charge in [0.2, 0.25) is 0 Å². The Labute approximate surface area is 111 Å². The minimum Gasteiger partial charge on any atom is -0.465 e. The Hall–Kier alpha value is -2.56. The molecule has 0 radical (unpaired) electrons. The van der Waals surface area contributed by atoms with Crippen molar-refractivity contribution in [3.8, 4) is 0 Å². The average molecular weight is 257 g/mol. The quantitative estimate of drug-likeness (QED) is 0.826. The van der Waals surface area contributed by atoms with Crippen molar-refractivity contribution < 1.29 is 9.53 Å². The van der Waals surface area contributed by atoms with Crippen LogP contribution < -0.4 is 11.1 Å². The second kappa shape index (κ2) is 5.39. The van der Waals surface area contributed by atoms with Crippen LogP contribution in [0.4, 0.5) is 17.2 Å². The van der Waals surface area contributed by atoms with Crippen molar-refractivity contribution in [3.63, 3.8) is 0 Å². The normalized spacial score (nSPS) is 10.0. The molecule has 0 bridgehead atoms. The number of esters is 1. The third-order valence-corrected chi connectivity index (χ3v) is 2.70. The van der Waals surface area contributed by atoms with Gasteiger partial charge in [0, 0.05) is 5.69 Å². The molecule has 5 nitrogen and oxygen atoms in total. The number of methoxy groups -OCH3 is 1. The first kappa shape index (κ1) is 12.9. The smallest absolute Gasteiger partial charge is 0.337 e. The van der Waals surface area contributed by atoms with Crippen LogP contribution in [0.25, 0.3) is 0 Å². The number of nitrogens with one attached hydrogen (secondary N) is 1. The van der Waals surface area contributed by atoms with E-state index in [0.29, 0.717) is 17.1 Å². The highest BCUT2D eigenvalue weighted by molar-refractivity contribution is 5.90. The summed E-state index contributed by atoms with van der Waals surface area (Å²) in [5.41, 5.74) is 8.53. The molecule has 1 heterocycles. The van der Waals surface area contributed by atoms with Gasteiger partial charge in [0.05, 0.1) is 24.6 Å². The Kier molecular flexibility index (Phi) is 3.66. The number of hydrogen-bond donors (Lipinski definition) is 2. The lowest BCUT2D eigenvalue weighted by molar-refractivity contribution is 0.0600. The van der Waals surface area contributed by atoms with Crippen molar-refractivity contribution >= 4 is 23.2 Å². The lowest BCUT2D eigenvalue weighted by atomic mass is 10.1. The van der Waals surface area contributed by atoms with Crippen LogP contribution in [-0.2, 0) is 4.74 Å². The first-order valence-electron chi connectivity index (χ1n) is 5.77. The molecule has 98 valence electrons. The molecular formula is C14H15N3O2. The lowest BCUT2D eigenvalue weighted by Crippen LogP contribution is -2.03. The van der Waals surface area contributed by atoms with Gasteiger partial charge in [-0.25, -0.2) is 9.78 Å². The summed E-state index contributed by atoms with van der Waals surface area (Å²) in [7, 11) is 1.36. The van der Waals surface area contributed by atoms with Crippen molar-refractivity contribution in [1.82, 2.24) is 4.98 Å². The van der Waals surface area contributed by atoms with E-state index in [1.165, 1.54) is 7.11 Å². The fourth-order valence-corrected chi connectivity index (χ4v) is 1.67. The zero-order chi connectivity index (χ0) is 13.8. The maximum Gasteiger partial charge on any atom is 0.337 e. The van der Waals surface area contributed by atoms with E-state index in [2.05, 4.69) is 15.0 Å². The van der Waals surface area contributed by atoms with E-state index in [4.69, 9.17) is 5.73 Å². The maximum atomic E-state index is 11.4. The summed E-state index contributed by atoms with van der Waals surface area (Å²) in [4.78, 5) is 15.6. The molecular weight excluding hydrogens is 242 g/mol. The predicted molar refractivity (Wildman–Crippen MR) is 74.5 cm³/mol. The molecule has 5 heteroatoms. The standard InChI is InChI=1S/C14H15N3O2/c1-9-7-10(14(18)19-2)3-5-12(9)17-13-6-4-11(15)8-16-13/h3-8H,15H2,1-2H3,(H,16,17). The molecule has 0 aliphatic rings. The van der Waals surface area contributed by atoms with E-state index in [9.17, 15) is 4.79 Å². The zero-order valence-corrected chi connectivity index (χ0v) is 10.8. The molecule has 0 aliphatic carbocycles. The first-order chi connectivity index (χ1) is 9.10. The number of nitrogens with zero attached hydrogens (tertiary/aromatic N) is 1. The van der Waals surface area contributed by atoms with Crippen LogP contribution in [-0.4, -0.2) is 18.1 Å². The molecule has 1 aromatic carbocycles. The van der Waals surface area contributed by atoms with E-state index in [1.54, 1.807) is 30.5 Å². The molecule has 0 atom stereocenters. The van der Waals surface area contributed by atoms with Gasteiger partial charge in [0.1, 0.15) is 5.82 Å². The summed E-state index contributed by atoms with van der Waals surface area (Å²) >= 11 is 0. The SMILES string of the molecule is COC(=O)c1ccc(Nc2ccc(N)cn2)c(C)c1. The minimum absolute atomic E-state index is 0.347. The molecule has 2 aromatic rings. The predicted octanol–water partition coefficient (Wildman–Crippen LogP) is 2.50. The molecule has 0 amide bonds. The van der Waals surface area contributed by atoms with Gasteiger partial charge < -0.3 is 15.8 Å². The van der Waals surface area contributed by atoms with Crippen molar-refractivity contribution in [3.05, 3.63) is 47.7 Å². The van der Waals surface area contributed by atoms with Crippen LogP contribution in [0, 0.1) is 6.92 Å². The van der Waals surface area contributed by atoms with Gasteiger partial charge in [-0.2, -0.15) is 0 Å². The minimum atomic E-state index is -0.347. The van der Waals surface area contributed by atoms with E-state index in [0.717, 1.165) is 11.3 Å². The molecule has 0 aliphatic heterocycles. The highest BCUT2D eigenvalue weighted by Gasteiger charge is 2.07. The molecule has 19 heavy (non-hydrogen) atoms. The van der Waals surface area contributed by atoms with Gasteiger partial charge in [0.15, 0.2) is 0 Å². The number of carbonyl (C=O) groups is 1. The van der Waals surface area contributed by atoms with E-state index in [-0.39, 0.29) is 5.97 Å². The fourth-order valence-electron chi connectivity index (χ4n) is 1.67. The fraction of sp³-hybridized carbons (Fsp3) is 0.143. The number of anilines is 3. The van der Waals surface area contributed by atoms with Crippen LogP contribution in [0.3, 0.4) is 0 Å². The number of rotatable bonds is 3. The third kappa shape index (κ3) is 3.01. The zero-order valence-electron chi connectivity index (χ0n) is 10.8. The molecule has 3 N–H and O–H groups in total. The van der Waals surface area contributed by atoms with E-state index < -0.39 is 0 Å². The molecule has 0 fully saturated rings. The molecule has 0 saturated carbocycles. The molecule has 1 aromatic heterocycles. The van der Waals surface area contributed by atoms with Gasteiger partial charge in [-0.3, -0.25) is 0 Å². The lowest BCUT2D eigenvalue weighted by Gasteiger charge is -2.10. The second-order valence-electron chi connectivity index (χ2n) is 4.12. The summed E-state index contributed by atoms with van der Waals surface area (Å²) in [6.07, 6.45) is 1.58. The number of nitrogen functional groups attached to an aromatic ring is 1. The monoisotopic (exact) mass is 257 g/mol. The van der Waals surface area contributed by atoms with Gasteiger partial charge >= 0.3 is 5.97 Å². The summed E-state index contributed by atoms with van der Waals surface area (Å²) in [6, 6.07) is 8.86. The van der Waals surface area contributed by atoms with E-state index >= 15 is 0 Å². The van der Waals surface area contributed by atoms with Crippen molar-refractivity contribution in [1.29, 1.82) is 0 Å². The second-order valence-corrected chi connectivity index (χ2v) is 4.12. The van der Waals surface area contributed by atoms with Gasteiger partial charge in [0.25, 0.3) is 0 Å². The summed E-state index contributed by atoms with van der Waals surface area (Å²) < 4.78 is 4.68. The highest BCUT2D eigenvalue weighted by atomic mass is 16.5. The summed E-state index contributed by atoms with van der Waals surface area (Å²) in [6.45, 7) is 1.91. The third-order valence-electron chi connectivity index (χ3n) is 2.70.